The lowest BCUT2D eigenvalue weighted by atomic mass is 9.87. The molecule has 1 saturated carbocycles. The lowest BCUT2D eigenvalue weighted by Crippen LogP contribution is -2.21. The Morgan fingerprint density at radius 3 is 2.87 bits per heavy atom. The van der Waals surface area contributed by atoms with E-state index in [1.54, 1.807) is 0 Å². The first kappa shape index (κ1) is 8.96. The van der Waals surface area contributed by atoms with Gasteiger partial charge in [-0.2, -0.15) is 0 Å². The third-order valence-corrected chi connectivity index (χ3v) is 3.45. The normalized spacial score (nSPS) is 23.7. The molecule has 1 heterocycles. The Hall–Kier alpha value is -1.31. The molecule has 2 heteroatoms. The van der Waals surface area contributed by atoms with Crippen molar-refractivity contribution in [3.05, 3.63) is 35.7 Å². The van der Waals surface area contributed by atoms with Gasteiger partial charge >= 0.3 is 0 Å². The fourth-order valence-corrected chi connectivity index (χ4v) is 2.44. The molecule has 0 amide bonds. The van der Waals surface area contributed by atoms with Crippen LogP contribution in [0.15, 0.2) is 24.3 Å². The largest absolute Gasteiger partial charge is 0.492 e. The average molecular weight is 204 g/mol. The second-order valence-electron chi connectivity index (χ2n) is 4.41. The first-order chi connectivity index (χ1) is 7.25. The summed E-state index contributed by atoms with van der Waals surface area (Å²) >= 11 is 0. The summed E-state index contributed by atoms with van der Waals surface area (Å²) in [7, 11) is 0. The van der Waals surface area contributed by atoms with E-state index in [1.807, 2.05) is 13.0 Å². The smallest absolute Gasteiger partial charge is 0.129 e. The van der Waals surface area contributed by atoms with E-state index in [0.717, 1.165) is 5.56 Å². The maximum Gasteiger partial charge on any atom is 0.129 e. The van der Waals surface area contributed by atoms with Gasteiger partial charge in [0.1, 0.15) is 11.6 Å². The van der Waals surface area contributed by atoms with Crippen molar-refractivity contribution in [3.8, 4) is 5.75 Å². The molecule has 0 N–H and O–H groups in total. The Balaban J connectivity index is 2.15. The summed E-state index contributed by atoms with van der Waals surface area (Å²) in [6.45, 7) is 2.76. The van der Waals surface area contributed by atoms with Crippen LogP contribution in [-0.2, 0) is 0 Å². The van der Waals surface area contributed by atoms with Crippen molar-refractivity contribution in [1.29, 1.82) is 0 Å². The molecule has 0 unspecified atom stereocenters. The number of benzene rings is 1. The van der Waals surface area contributed by atoms with Crippen LogP contribution >= 0.6 is 0 Å². The van der Waals surface area contributed by atoms with Gasteiger partial charge in [-0.3, -0.25) is 0 Å². The number of rotatable bonds is 0. The molecule has 1 aromatic rings. The number of ether oxygens (including phenoxy) is 1. The molecular formula is C13H13FO. The molecule has 1 spiro atoms. The highest BCUT2D eigenvalue weighted by molar-refractivity contribution is 5.78. The van der Waals surface area contributed by atoms with Gasteiger partial charge in [0.05, 0.1) is 6.61 Å². The number of hydrogen-bond acceptors (Lipinski definition) is 1. The summed E-state index contributed by atoms with van der Waals surface area (Å²) in [5, 5.41) is 0. The molecular weight excluding hydrogens is 191 g/mol. The Bertz CT molecular complexity index is 444. The van der Waals surface area contributed by atoms with Crippen LogP contribution < -0.4 is 4.74 Å². The molecule has 1 aliphatic heterocycles. The van der Waals surface area contributed by atoms with Crippen LogP contribution in [0.25, 0.3) is 5.57 Å². The highest BCUT2D eigenvalue weighted by atomic mass is 19.1. The summed E-state index contributed by atoms with van der Waals surface area (Å²) in [6.07, 6.45) is 4.54. The van der Waals surface area contributed by atoms with Crippen LogP contribution in [0.4, 0.5) is 4.39 Å². The first-order valence-electron chi connectivity index (χ1n) is 5.35. The van der Waals surface area contributed by atoms with Gasteiger partial charge in [-0.25, -0.2) is 4.39 Å². The van der Waals surface area contributed by atoms with Gasteiger partial charge in [-0.1, -0.05) is 6.08 Å². The van der Waals surface area contributed by atoms with Gasteiger partial charge in [0.2, 0.25) is 0 Å². The fraction of sp³-hybridized carbons (Fsp3) is 0.385. The minimum Gasteiger partial charge on any atom is -0.492 e. The Kier molecular flexibility index (Phi) is 1.70. The molecule has 3 rings (SSSR count). The lowest BCUT2D eigenvalue weighted by Gasteiger charge is -2.28. The second-order valence-corrected chi connectivity index (χ2v) is 4.41. The van der Waals surface area contributed by atoms with Crippen molar-refractivity contribution < 1.29 is 9.13 Å². The average Bonchev–Trinajstić information content (AvgIpc) is 2.99. The van der Waals surface area contributed by atoms with E-state index in [2.05, 4.69) is 6.08 Å². The minimum atomic E-state index is -0.226. The van der Waals surface area contributed by atoms with Crippen LogP contribution in [-0.4, -0.2) is 6.61 Å². The SMILES string of the molecule is C/C=C1\c2ccc(F)cc2OCC12CC2. The quantitative estimate of drug-likeness (QED) is 0.629. The molecule has 0 aromatic heterocycles. The Morgan fingerprint density at radius 2 is 2.20 bits per heavy atom. The monoisotopic (exact) mass is 204 g/mol. The third-order valence-electron chi connectivity index (χ3n) is 3.45. The van der Waals surface area contributed by atoms with Gasteiger partial charge in [-0.05, 0) is 37.5 Å². The Morgan fingerprint density at radius 1 is 1.40 bits per heavy atom. The van der Waals surface area contributed by atoms with Crippen LogP contribution in [0.3, 0.4) is 0 Å². The van der Waals surface area contributed by atoms with Crippen molar-refractivity contribution in [3.63, 3.8) is 0 Å². The van der Waals surface area contributed by atoms with Gasteiger partial charge in [0, 0.05) is 17.0 Å². The maximum atomic E-state index is 13.0. The van der Waals surface area contributed by atoms with Crippen molar-refractivity contribution in [1.82, 2.24) is 0 Å². The van der Waals surface area contributed by atoms with E-state index in [9.17, 15) is 4.39 Å². The number of halogens is 1. The number of allylic oxidation sites excluding steroid dienone is 1. The van der Waals surface area contributed by atoms with E-state index < -0.39 is 0 Å². The number of hydrogen-bond donors (Lipinski definition) is 0. The predicted octanol–water partition coefficient (Wildman–Crippen LogP) is 3.40. The third kappa shape index (κ3) is 1.21. The zero-order valence-corrected chi connectivity index (χ0v) is 8.72. The molecule has 1 aliphatic carbocycles. The van der Waals surface area contributed by atoms with E-state index in [-0.39, 0.29) is 11.2 Å². The molecule has 0 saturated heterocycles. The first-order valence-corrected chi connectivity index (χ1v) is 5.35. The zero-order chi connectivity index (χ0) is 10.5. The lowest BCUT2D eigenvalue weighted by molar-refractivity contribution is 0.255. The molecule has 0 atom stereocenters. The van der Waals surface area contributed by atoms with Crippen molar-refractivity contribution in [2.24, 2.45) is 5.41 Å². The minimum absolute atomic E-state index is 0.226. The second kappa shape index (κ2) is 2.84. The fourth-order valence-electron chi connectivity index (χ4n) is 2.44. The molecule has 1 nitrogen and oxygen atoms in total. The molecule has 0 bridgehead atoms. The van der Waals surface area contributed by atoms with Crippen LogP contribution in [0.1, 0.15) is 25.3 Å². The van der Waals surface area contributed by atoms with E-state index in [1.165, 1.54) is 30.5 Å². The zero-order valence-electron chi connectivity index (χ0n) is 8.72. The summed E-state index contributed by atoms with van der Waals surface area (Å²) in [5.41, 5.74) is 2.66. The molecule has 1 aromatic carbocycles. The van der Waals surface area contributed by atoms with E-state index in [0.29, 0.717) is 12.4 Å². The van der Waals surface area contributed by atoms with Crippen molar-refractivity contribution in [2.75, 3.05) is 6.61 Å². The molecule has 78 valence electrons. The predicted molar refractivity (Wildman–Crippen MR) is 57.2 cm³/mol. The highest BCUT2D eigenvalue weighted by Crippen LogP contribution is 2.59. The summed E-state index contributed by atoms with van der Waals surface area (Å²) in [5.74, 6) is 0.469. The molecule has 15 heavy (non-hydrogen) atoms. The molecule has 0 radical (unpaired) electrons. The number of fused-ring (bicyclic) bond motifs is 1. The molecule has 2 aliphatic rings. The van der Waals surface area contributed by atoms with Crippen LogP contribution in [0, 0.1) is 11.2 Å². The van der Waals surface area contributed by atoms with Gasteiger partial charge in [0.15, 0.2) is 0 Å². The van der Waals surface area contributed by atoms with Crippen molar-refractivity contribution >= 4 is 5.57 Å². The Labute approximate surface area is 88.6 Å². The van der Waals surface area contributed by atoms with E-state index >= 15 is 0 Å². The van der Waals surface area contributed by atoms with Gasteiger partial charge < -0.3 is 4.74 Å². The van der Waals surface area contributed by atoms with Crippen LogP contribution in [0.5, 0.6) is 5.75 Å². The topological polar surface area (TPSA) is 9.23 Å². The summed E-state index contributed by atoms with van der Waals surface area (Å²) in [6, 6.07) is 4.82. The molecule has 1 fully saturated rings. The maximum absolute atomic E-state index is 13.0. The van der Waals surface area contributed by atoms with Crippen molar-refractivity contribution in [2.45, 2.75) is 19.8 Å². The van der Waals surface area contributed by atoms with E-state index in [4.69, 9.17) is 4.74 Å². The highest BCUT2D eigenvalue weighted by Gasteiger charge is 2.49. The van der Waals surface area contributed by atoms with Gasteiger partial charge in [-0.15, -0.1) is 0 Å². The summed E-state index contributed by atoms with van der Waals surface area (Å²) in [4.78, 5) is 0. The van der Waals surface area contributed by atoms with Crippen LogP contribution in [0.2, 0.25) is 0 Å². The standard InChI is InChI=1S/C13H13FO/c1-2-11-10-4-3-9(14)7-12(10)15-8-13(11)5-6-13/h2-4,7H,5-6,8H2,1H3/b11-2+. The summed E-state index contributed by atoms with van der Waals surface area (Å²) < 4.78 is 18.7. The van der Waals surface area contributed by atoms with Gasteiger partial charge in [0.25, 0.3) is 0 Å².